The lowest BCUT2D eigenvalue weighted by Gasteiger charge is -2.00. The van der Waals surface area contributed by atoms with E-state index < -0.39 is 25.2 Å². The smallest absolute Gasteiger partial charge is 0.331 e. The summed E-state index contributed by atoms with van der Waals surface area (Å²) >= 11 is 2.49. The first-order valence-corrected chi connectivity index (χ1v) is 8.47. The average Bonchev–Trinajstić information content (AvgIpc) is 3.28. The average molecular weight is 364 g/mol. The molecule has 8 heteroatoms. The van der Waals surface area contributed by atoms with Gasteiger partial charge in [0.05, 0.1) is 9.75 Å². The van der Waals surface area contributed by atoms with Crippen molar-refractivity contribution in [2.24, 2.45) is 0 Å². The zero-order valence-corrected chi connectivity index (χ0v) is 13.9. The zero-order valence-electron chi connectivity index (χ0n) is 12.3. The molecule has 2 aromatic heterocycles. The van der Waals surface area contributed by atoms with Gasteiger partial charge in [-0.25, -0.2) is 9.59 Å². The van der Waals surface area contributed by atoms with Crippen molar-refractivity contribution in [3.8, 4) is 0 Å². The zero-order chi connectivity index (χ0) is 17.4. The summed E-state index contributed by atoms with van der Waals surface area (Å²) in [5.74, 6) is -2.34. The van der Waals surface area contributed by atoms with E-state index in [-0.39, 0.29) is 11.6 Å². The van der Waals surface area contributed by atoms with Crippen LogP contribution in [0.4, 0.5) is 0 Å². The fourth-order valence-electron chi connectivity index (χ4n) is 1.52. The van der Waals surface area contributed by atoms with Crippen molar-refractivity contribution in [1.29, 1.82) is 0 Å². The maximum Gasteiger partial charge on any atom is 0.331 e. The number of rotatable bonds is 8. The Kier molecular flexibility index (Phi) is 6.59. The van der Waals surface area contributed by atoms with Crippen molar-refractivity contribution >= 4 is 46.2 Å². The summed E-state index contributed by atoms with van der Waals surface area (Å²) in [5, 5.41) is 3.48. The van der Waals surface area contributed by atoms with Gasteiger partial charge >= 0.3 is 11.9 Å². The number of Topliss-reactive ketones (excluding diaryl/α,β-unsaturated/α-hetero) is 2. The molecule has 0 fully saturated rings. The highest BCUT2D eigenvalue weighted by Crippen LogP contribution is 2.10. The van der Waals surface area contributed by atoms with Gasteiger partial charge in [-0.15, -0.1) is 22.7 Å². The van der Waals surface area contributed by atoms with Crippen LogP contribution in [0, 0.1) is 0 Å². The number of ketones is 2. The third-order valence-corrected chi connectivity index (χ3v) is 4.46. The number of hydrogen-bond acceptors (Lipinski definition) is 8. The molecular formula is C16H12O6S2. The molecule has 0 aliphatic heterocycles. The molecule has 0 aliphatic rings. The van der Waals surface area contributed by atoms with E-state index in [1.54, 1.807) is 35.0 Å². The van der Waals surface area contributed by atoms with Crippen LogP contribution < -0.4 is 0 Å². The summed E-state index contributed by atoms with van der Waals surface area (Å²) < 4.78 is 9.44. The summed E-state index contributed by atoms with van der Waals surface area (Å²) in [7, 11) is 0. The van der Waals surface area contributed by atoms with Crippen LogP contribution in [-0.4, -0.2) is 36.7 Å². The molecule has 0 N–H and O–H groups in total. The van der Waals surface area contributed by atoms with Gasteiger partial charge in [-0.2, -0.15) is 0 Å². The minimum Gasteiger partial charge on any atom is -0.454 e. The Hall–Kier alpha value is -2.58. The molecule has 0 aliphatic carbocycles. The van der Waals surface area contributed by atoms with Crippen LogP contribution in [-0.2, 0) is 19.1 Å². The molecule has 0 atom stereocenters. The van der Waals surface area contributed by atoms with Gasteiger partial charge in [-0.1, -0.05) is 12.1 Å². The highest BCUT2D eigenvalue weighted by atomic mass is 32.1. The summed E-state index contributed by atoms with van der Waals surface area (Å²) in [4.78, 5) is 47.0. The first-order chi connectivity index (χ1) is 11.6. The lowest BCUT2D eigenvalue weighted by molar-refractivity contribution is -0.139. The van der Waals surface area contributed by atoms with E-state index in [4.69, 9.17) is 9.47 Å². The Morgan fingerprint density at radius 3 is 1.54 bits per heavy atom. The molecule has 0 saturated heterocycles. The van der Waals surface area contributed by atoms with Gasteiger partial charge in [0.1, 0.15) is 0 Å². The quantitative estimate of drug-likeness (QED) is 0.406. The van der Waals surface area contributed by atoms with Crippen molar-refractivity contribution in [3.63, 3.8) is 0 Å². The summed E-state index contributed by atoms with van der Waals surface area (Å²) in [6.07, 6.45) is 1.69. The second kappa shape index (κ2) is 8.90. The van der Waals surface area contributed by atoms with Gasteiger partial charge in [0.25, 0.3) is 0 Å². The Balaban J connectivity index is 1.70. The van der Waals surface area contributed by atoms with Crippen LogP contribution in [0.2, 0.25) is 0 Å². The van der Waals surface area contributed by atoms with Crippen LogP contribution in [0.25, 0.3) is 0 Å². The van der Waals surface area contributed by atoms with Gasteiger partial charge in [-0.05, 0) is 22.9 Å². The SMILES string of the molecule is O=C(/C=C/C(=O)OCC(=O)c1cccs1)OCC(=O)c1cccs1. The first-order valence-electron chi connectivity index (χ1n) is 6.71. The number of esters is 2. The predicted molar refractivity (Wildman–Crippen MR) is 88.4 cm³/mol. The van der Waals surface area contributed by atoms with E-state index in [1.807, 2.05) is 0 Å². The van der Waals surface area contributed by atoms with Crippen molar-refractivity contribution in [2.75, 3.05) is 13.2 Å². The lowest BCUT2D eigenvalue weighted by atomic mass is 10.3. The summed E-state index contributed by atoms with van der Waals surface area (Å²) in [6.45, 7) is -0.814. The molecular weight excluding hydrogens is 352 g/mol. The number of carbonyl (C=O) groups excluding carboxylic acids is 4. The van der Waals surface area contributed by atoms with Crippen molar-refractivity contribution in [2.45, 2.75) is 0 Å². The number of carbonyl (C=O) groups is 4. The molecule has 2 heterocycles. The lowest BCUT2D eigenvalue weighted by Crippen LogP contribution is -2.13. The Labute approximate surface area is 145 Å². The molecule has 0 aromatic carbocycles. The van der Waals surface area contributed by atoms with Gasteiger partial charge in [0.2, 0.25) is 11.6 Å². The van der Waals surface area contributed by atoms with E-state index in [9.17, 15) is 19.2 Å². The predicted octanol–water partition coefficient (Wildman–Crippen LogP) is 2.52. The van der Waals surface area contributed by atoms with Crippen LogP contribution in [0.15, 0.2) is 47.2 Å². The van der Waals surface area contributed by atoms with Crippen LogP contribution in [0.1, 0.15) is 19.3 Å². The minimum atomic E-state index is -0.846. The first kappa shape index (κ1) is 17.8. The van der Waals surface area contributed by atoms with Gasteiger partial charge < -0.3 is 9.47 Å². The third-order valence-electron chi connectivity index (χ3n) is 2.64. The molecule has 24 heavy (non-hydrogen) atoms. The van der Waals surface area contributed by atoms with E-state index >= 15 is 0 Å². The molecule has 2 aromatic rings. The summed E-state index contributed by atoms with van der Waals surface area (Å²) in [5.41, 5.74) is 0. The van der Waals surface area contributed by atoms with Crippen LogP contribution in [0.5, 0.6) is 0 Å². The van der Waals surface area contributed by atoms with Crippen molar-refractivity contribution < 1.29 is 28.7 Å². The Morgan fingerprint density at radius 1 is 0.792 bits per heavy atom. The molecule has 2 rings (SSSR count). The standard InChI is InChI=1S/C16H12O6S2/c17-11(13-3-1-7-23-13)9-21-15(19)5-6-16(20)22-10-12(18)14-4-2-8-24-14/h1-8H,9-10H2/b6-5+. The van der Waals surface area contributed by atoms with Crippen molar-refractivity contribution in [1.82, 2.24) is 0 Å². The van der Waals surface area contributed by atoms with Crippen LogP contribution in [0.3, 0.4) is 0 Å². The molecule has 0 unspecified atom stereocenters. The van der Waals surface area contributed by atoms with Gasteiger partial charge in [0.15, 0.2) is 13.2 Å². The van der Waals surface area contributed by atoms with E-state index in [0.717, 1.165) is 12.2 Å². The number of ether oxygens (including phenoxy) is 2. The fourth-order valence-corrected chi connectivity index (χ4v) is 2.82. The van der Waals surface area contributed by atoms with E-state index in [1.165, 1.54) is 22.7 Å². The number of hydrogen-bond donors (Lipinski definition) is 0. The largest absolute Gasteiger partial charge is 0.454 e. The molecule has 0 bridgehead atoms. The maximum atomic E-state index is 11.6. The van der Waals surface area contributed by atoms with Crippen LogP contribution >= 0.6 is 22.7 Å². The Morgan fingerprint density at radius 2 is 1.21 bits per heavy atom. The molecule has 0 spiro atoms. The van der Waals surface area contributed by atoms with E-state index in [2.05, 4.69) is 0 Å². The number of thiophene rings is 2. The molecule has 0 radical (unpaired) electrons. The molecule has 6 nitrogen and oxygen atoms in total. The topological polar surface area (TPSA) is 86.7 Å². The highest BCUT2D eigenvalue weighted by Gasteiger charge is 2.11. The second-order valence-corrected chi connectivity index (χ2v) is 6.25. The fraction of sp³-hybridized carbons (Fsp3) is 0.125. The van der Waals surface area contributed by atoms with Gasteiger partial charge in [-0.3, -0.25) is 9.59 Å². The van der Waals surface area contributed by atoms with Crippen molar-refractivity contribution in [3.05, 3.63) is 56.9 Å². The summed E-state index contributed by atoms with van der Waals surface area (Å²) in [6, 6.07) is 6.68. The maximum absolute atomic E-state index is 11.6. The highest BCUT2D eigenvalue weighted by molar-refractivity contribution is 7.12. The molecule has 0 amide bonds. The second-order valence-electron chi connectivity index (χ2n) is 4.35. The molecule has 0 saturated carbocycles. The van der Waals surface area contributed by atoms with Gasteiger partial charge in [0, 0.05) is 12.2 Å². The van der Waals surface area contributed by atoms with E-state index in [0.29, 0.717) is 9.75 Å². The monoisotopic (exact) mass is 364 g/mol. The Bertz CT molecular complexity index is 679. The minimum absolute atomic E-state index is 0.323. The molecule has 124 valence electrons. The third kappa shape index (κ3) is 5.56. The normalized spacial score (nSPS) is 10.5.